The van der Waals surface area contributed by atoms with E-state index in [1.54, 1.807) is 0 Å². The van der Waals surface area contributed by atoms with Crippen LogP contribution in [-0.4, -0.2) is 32.3 Å². The number of esters is 1. The smallest absolute Gasteiger partial charge is 0.307 e. The predicted octanol–water partition coefficient (Wildman–Crippen LogP) is 0.305. The molecule has 4 nitrogen and oxygen atoms in total. The summed E-state index contributed by atoms with van der Waals surface area (Å²) in [5, 5.41) is 0. The van der Waals surface area contributed by atoms with E-state index in [0.717, 1.165) is 26.1 Å². The van der Waals surface area contributed by atoms with Crippen LogP contribution in [0.25, 0.3) is 0 Å². The molecule has 13 heavy (non-hydrogen) atoms. The summed E-state index contributed by atoms with van der Waals surface area (Å²) in [7, 11) is 0. The normalized spacial score (nSPS) is 18.5. The van der Waals surface area contributed by atoms with Crippen molar-refractivity contribution in [1.29, 1.82) is 0 Å². The summed E-state index contributed by atoms with van der Waals surface area (Å²) >= 11 is 0. The summed E-state index contributed by atoms with van der Waals surface area (Å²) in [5.41, 5.74) is 5.22. The van der Waals surface area contributed by atoms with E-state index in [-0.39, 0.29) is 5.97 Å². The number of rotatable bonds is 4. The van der Waals surface area contributed by atoms with Crippen molar-refractivity contribution >= 4 is 5.97 Å². The second kappa shape index (κ2) is 5.94. The molecule has 0 atom stereocenters. The van der Waals surface area contributed by atoms with Crippen LogP contribution in [0.1, 0.15) is 19.3 Å². The van der Waals surface area contributed by atoms with Gasteiger partial charge in [-0.1, -0.05) is 0 Å². The van der Waals surface area contributed by atoms with E-state index in [0.29, 0.717) is 25.5 Å². The molecular formula is C9H17NO3. The van der Waals surface area contributed by atoms with Gasteiger partial charge in [-0.3, -0.25) is 4.79 Å². The first-order chi connectivity index (χ1) is 6.33. The van der Waals surface area contributed by atoms with Crippen LogP contribution in [0.5, 0.6) is 0 Å². The number of hydrogen-bond donors (Lipinski definition) is 1. The highest BCUT2D eigenvalue weighted by Gasteiger charge is 2.15. The van der Waals surface area contributed by atoms with Crippen molar-refractivity contribution in [2.45, 2.75) is 19.3 Å². The van der Waals surface area contributed by atoms with Crippen LogP contribution < -0.4 is 5.73 Å². The average molecular weight is 187 g/mol. The molecule has 0 aromatic heterocycles. The zero-order valence-electron chi connectivity index (χ0n) is 7.83. The molecule has 0 aromatic carbocycles. The van der Waals surface area contributed by atoms with E-state index in [1.807, 2.05) is 0 Å². The predicted molar refractivity (Wildman–Crippen MR) is 48.2 cm³/mol. The molecule has 0 bridgehead atoms. The lowest BCUT2D eigenvalue weighted by atomic mass is 10.0. The van der Waals surface area contributed by atoms with Crippen LogP contribution in [0.4, 0.5) is 0 Å². The summed E-state index contributed by atoms with van der Waals surface area (Å²) < 4.78 is 10.2. The summed E-state index contributed by atoms with van der Waals surface area (Å²) in [6.07, 6.45) is 2.31. The third-order valence-corrected chi connectivity index (χ3v) is 2.17. The first kappa shape index (κ1) is 10.5. The SMILES string of the molecule is NCCC(=O)OCC1CCOCC1. The second-order valence-electron chi connectivity index (χ2n) is 3.28. The van der Waals surface area contributed by atoms with Gasteiger partial charge in [-0.05, 0) is 18.8 Å². The molecule has 1 fully saturated rings. The van der Waals surface area contributed by atoms with Crippen molar-refractivity contribution in [3.05, 3.63) is 0 Å². The van der Waals surface area contributed by atoms with Gasteiger partial charge in [0.25, 0.3) is 0 Å². The Morgan fingerprint density at radius 3 is 2.77 bits per heavy atom. The maximum atomic E-state index is 11.0. The molecule has 0 aromatic rings. The lowest BCUT2D eigenvalue weighted by molar-refractivity contribution is -0.145. The Labute approximate surface area is 78.4 Å². The molecule has 0 saturated carbocycles. The first-order valence-electron chi connectivity index (χ1n) is 4.76. The van der Waals surface area contributed by atoms with Crippen molar-refractivity contribution < 1.29 is 14.3 Å². The molecule has 2 N–H and O–H groups in total. The number of carbonyl (C=O) groups excluding carboxylic acids is 1. The van der Waals surface area contributed by atoms with Crippen LogP contribution in [0.2, 0.25) is 0 Å². The fourth-order valence-electron chi connectivity index (χ4n) is 1.31. The number of carbonyl (C=O) groups is 1. The van der Waals surface area contributed by atoms with Crippen LogP contribution in [-0.2, 0) is 14.3 Å². The Morgan fingerprint density at radius 2 is 2.15 bits per heavy atom. The van der Waals surface area contributed by atoms with Gasteiger partial charge in [-0.15, -0.1) is 0 Å². The largest absolute Gasteiger partial charge is 0.465 e. The molecule has 76 valence electrons. The molecule has 0 unspecified atom stereocenters. The van der Waals surface area contributed by atoms with E-state index in [2.05, 4.69) is 0 Å². The van der Waals surface area contributed by atoms with Gasteiger partial charge < -0.3 is 15.2 Å². The molecule has 0 aliphatic carbocycles. The van der Waals surface area contributed by atoms with Gasteiger partial charge in [0.15, 0.2) is 0 Å². The molecule has 0 amide bonds. The Morgan fingerprint density at radius 1 is 1.46 bits per heavy atom. The zero-order chi connectivity index (χ0) is 9.52. The van der Waals surface area contributed by atoms with Crippen molar-refractivity contribution in [3.63, 3.8) is 0 Å². The van der Waals surface area contributed by atoms with E-state index in [4.69, 9.17) is 15.2 Å². The van der Waals surface area contributed by atoms with E-state index in [1.165, 1.54) is 0 Å². The Hall–Kier alpha value is -0.610. The number of ether oxygens (including phenoxy) is 2. The lowest BCUT2D eigenvalue weighted by Gasteiger charge is -2.21. The van der Waals surface area contributed by atoms with E-state index < -0.39 is 0 Å². The third-order valence-electron chi connectivity index (χ3n) is 2.17. The Balaban J connectivity index is 2.06. The standard InChI is InChI=1S/C9H17NO3/c10-4-1-9(11)13-7-8-2-5-12-6-3-8/h8H,1-7,10H2. The second-order valence-corrected chi connectivity index (χ2v) is 3.28. The van der Waals surface area contributed by atoms with E-state index >= 15 is 0 Å². The van der Waals surface area contributed by atoms with Crippen molar-refractivity contribution in [3.8, 4) is 0 Å². The van der Waals surface area contributed by atoms with Crippen LogP contribution in [0.15, 0.2) is 0 Å². The highest BCUT2D eigenvalue weighted by molar-refractivity contribution is 5.69. The van der Waals surface area contributed by atoms with Gasteiger partial charge >= 0.3 is 5.97 Å². The summed E-state index contributed by atoms with van der Waals surface area (Å²) in [5.74, 6) is 0.296. The van der Waals surface area contributed by atoms with Gasteiger partial charge in [-0.2, -0.15) is 0 Å². The average Bonchev–Trinajstić information content (AvgIpc) is 2.17. The van der Waals surface area contributed by atoms with Gasteiger partial charge in [0.1, 0.15) is 0 Å². The summed E-state index contributed by atoms with van der Waals surface area (Å²) in [6, 6.07) is 0. The van der Waals surface area contributed by atoms with Gasteiger partial charge in [-0.25, -0.2) is 0 Å². The minimum Gasteiger partial charge on any atom is -0.465 e. The van der Waals surface area contributed by atoms with Crippen LogP contribution in [0.3, 0.4) is 0 Å². The maximum absolute atomic E-state index is 11.0. The fraction of sp³-hybridized carbons (Fsp3) is 0.889. The van der Waals surface area contributed by atoms with Gasteiger partial charge in [0, 0.05) is 19.8 Å². The molecule has 0 radical (unpaired) electrons. The molecule has 1 heterocycles. The van der Waals surface area contributed by atoms with Crippen molar-refractivity contribution in [1.82, 2.24) is 0 Å². The van der Waals surface area contributed by atoms with Gasteiger partial charge in [0.2, 0.25) is 0 Å². The topological polar surface area (TPSA) is 61.6 Å². The van der Waals surface area contributed by atoms with Crippen LogP contribution >= 0.6 is 0 Å². The molecule has 4 heteroatoms. The molecular weight excluding hydrogens is 170 g/mol. The Kier molecular flexibility index (Phi) is 4.78. The monoisotopic (exact) mass is 187 g/mol. The minimum atomic E-state index is -0.186. The Bertz CT molecular complexity index is 155. The number of nitrogens with two attached hydrogens (primary N) is 1. The molecule has 1 aliphatic rings. The molecule has 1 rings (SSSR count). The molecule has 1 saturated heterocycles. The van der Waals surface area contributed by atoms with Crippen molar-refractivity contribution in [2.75, 3.05) is 26.4 Å². The van der Waals surface area contributed by atoms with Crippen LogP contribution in [0, 0.1) is 5.92 Å². The highest BCUT2D eigenvalue weighted by atomic mass is 16.5. The molecule has 1 aliphatic heterocycles. The minimum absolute atomic E-state index is 0.186. The third kappa shape index (κ3) is 4.24. The quantitative estimate of drug-likeness (QED) is 0.643. The lowest BCUT2D eigenvalue weighted by Crippen LogP contribution is -2.22. The van der Waals surface area contributed by atoms with Crippen molar-refractivity contribution in [2.24, 2.45) is 11.7 Å². The molecule has 0 spiro atoms. The zero-order valence-corrected chi connectivity index (χ0v) is 7.83. The summed E-state index contributed by atoms with van der Waals surface area (Å²) in [6.45, 7) is 2.48. The first-order valence-corrected chi connectivity index (χ1v) is 4.76. The fourth-order valence-corrected chi connectivity index (χ4v) is 1.31. The number of hydrogen-bond acceptors (Lipinski definition) is 4. The van der Waals surface area contributed by atoms with Gasteiger partial charge in [0.05, 0.1) is 13.0 Å². The highest BCUT2D eigenvalue weighted by Crippen LogP contribution is 2.14. The maximum Gasteiger partial charge on any atom is 0.307 e. The van der Waals surface area contributed by atoms with E-state index in [9.17, 15) is 4.79 Å². The summed E-state index contributed by atoms with van der Waals surface area (Å²) in [4.78, 5) is 11.0.